The lowest BCUT2D eigenvalue weighted by Crippen LogP contribution is -2.03. The van der Waals surface area contributed by atoms with Crippen LogP contribution in [0.5, 0.6) is 0 Å². The van der Waals surface area contributed by atoms with Gasteiger partial charge in [0.25, 0.3) is 0 Å². The summed E-state index contributed by atoms with van der Waals surface area (Å²) in [5, 5.41) is 7.32. The Bertz CT molecular complexity index is 504. The van der Waals surface area contributed by atoms with Crippen LogP contribution in [-0.2, 0) is 13.5 Å². The molecule has 6 heteroatoms. The Morgan fingerprint density at radius 2 is 2.18 bits per heavy atom. The standard InChI is InChI=1S/C11H16N6/c1-3-4-9-13-8(12)7-11(14-9)15-10-5-6-17(2)16-10/h5-7H,3-4H2,1-2H3,(H3,12,13,14,15,16). The molecule has 0 amide bonds. The van der Waals surface area contributed by atoms with Gasteiger partial charge in [-0.15, -0.1) is 0 Å². The van der Waals surface area contributed by atoms with Gasteiger partial charge >= 0.3 is 0 Å². The maximum atomic E-state index is 5.73. The van der Waals surface area contributed by atoms with Crippen LogP contribution in [0.15, 0.2) is 18.3 Å². The lowest BCUT2D eigenvalue weighted by atomic mass is 10.3. The van der Waals surface area contributed by atoms with E-state index in [0.717, 1.165) is 24.5 Å². The summed E-state index contributed by atoms with van der Waals surface area (Å²) >= 11 is 0. The molecule has 0 aliphatic rings. The lowest BCUT2D eigenvalue weighted by Gasteiger charge is -2.05. The number of anilines is 3. The third-order valence-electron chi connectivity index (χ3n) is 2.24. The molecule has 2 aromatic heterocycles. The van der Waals surface area contributed by atoms with Crippen molar-refractivity contribution in [3.63, 3.8) is 0 Å². The van der Waals surface area contributed by atoms with Gasteiger partial charge in [-0.25, -0.2) is 9.97 Å². The summed E-state index contributed by atoms with van der Waals surface area (Å²) in [5.74, 6) is 2.65. The number of aromatic nitrogens is 4. The summed E-state index contributed by atoms with van der Waals surface area (Å²) in [4.78, 5) is 8.55. The van der Waals surface area contributed by atoms with Crippen molar-refractivity contribution in [3.05, 3.63) is 24.2 Å². The highest BCUT2D eigenvalue weighted by Crippen LogP contribution is 2.14. The molecule has 0 saturated carbocycles. The normalized spacial score (nSPS) is 10.5. The van der Waals surface area contributed by atoms with Gasteiger partial charge in [0.05, 0.1) is 0 Å². The molecule has 0 unspecified atom stereocenters. The maximum Gasteiger partial charge on any atom is 0.153 e. The number of hydrogen-bond acceptors (Lipinski definition) is 5. The Hall–Kier alpha value is -2.11. The fourth-order valence-corrected chi connectivity index (χ4v) is 1.53. The lowest BCUT2D eigenvalue weighted by molar-refractivity contribution is 0.770. The minimum atomic E-state index is 0.474. The predicted octanol–water partition coefficient (Wildman–Crippen LogP) is 1.49. The van der Waals surface area contributed by atoms with E-state index in [-0.39, 0.29) is 0 Å². The molecule has 2 heterocycles. The third kappa shape index (κ3) is 2.93. The van der Waals surface area contributed by atoms with Gasteiger partial charge < -0.3 is 11.1 Å². The molecule has 0 radical (unpaired) electrons. The van der Waals surface area contributed by atoms with E-state index in [1.54, 1.807) is 10.7 Å². The van der Waals surface area contributed by atoms with Crippen LogP contribution in [0.2, 0.25) is 0 Å². The SMILES string of the molecule is CCCc1nc(N)cc(Nc2ccn(C)n2)n1. The molecule has 0 bridgehead atoms. The molecule has 0 aliphatic carbocycles. The number of hydrogen-bond donors (Lipinski definition) is 2. The Morgan fingerprint density at radius 1 is 1.35 bits per heavy atom. The van der Waals surface area contributed by atoms with Crippen LogP contribution in [-0.4, -0.2) is 19.7 Å². The maximum absolute atomic E-state index is 5.73. The quantitative estimate of drug-likeness (QED) is 0.834. The number of aryl methyl sites for hydroxylation is 2. The zero-order valence-electron chi connectivity index (χ0n) is 10.0. The molecular formula is C11H16N6. The Labute approximate surface area is 99.9 Å². The zero-order chi connectivity index (χ0) is 12.3. The summed E-state index contributed by atoms with van der Waals surface area (Å²) in [6.45, 7) is 2.08. The fraction of sp³-hybridized carbons (Fsp3) is 0.364. The molecule has 90 valence electrons. The second kappa shape index (κ2) is 4.82. The molecule has 2 aromatic rings. The second-order valence-electron chi connectivity index (χ2n) is 3.84. The van der Waals surface area contributed by atoms with Gasteiger partial charge in [-0.3, -0.25) is 4.68 Å². The first-order valence-electron chi connectivity index (χ1n) is 5.57. The van der Waals surface area contributed by atoms with Crippen molar-refractivity contribution in [2.45, 2.75) is 19.8 Å². The monoisotopic (exact) mass is 232 g/mol. The van der Waals surface area contributed by atoms with E-state index in [2.05, 4.69) is 27.3 Å². The second-order valence-corrected chi connectivity index (χ2v) is 3.84. The molecule has 0 aromatic carbocycles. The number of nitrogens with zero attached hydrogens (tertiary/aromatic N) is 4. The van der Waals surface area contributed by atoms with E-state index in [9.17, 15) is 0 Å². The fourth-order valence-electron chi connectivity index (χ4n) is 1.53. The highest BCUT2D eigenvalue weighted by molar-refractivity contribution is 5.54. The van der Waals surface area contributed by atoms with Crippen LogP contribution >= 0.6 is 0 Å². The molecule has 0 atom stereocenters. The largest absolute Gasteiger partial charge is 0.384 e. The summed E-state index contributed by atoms with van der Waals surface area (Å²) in [6.07, 6.45) is 3.67. The van der Waals surface area contributed by atoms with Crippen LogP contribution in [0, 0.1) is 0 Å². The van der Waals surface area contributed by atoms with E-state index in [0.29, 0.717) is 11.6 Å². The van der Waals surface area contributed by atoms with Crippen molar-refractivity contribution in [1.29, 1.82) is 0 Å². The van der Waals surface area contributed by atoms with E-state index < -0.39 is 0 Å². The average molecular weight is 232 g/mol. The summed E-state index contributed by atoms with van der Waals surface area (Å²) in [6, 6.07) is 3.58. The van der Waals surface area contributed by atoms with Gasteiger partial charge in [0, 0.05) is 31.8 Å². The molecule has 17 heavy (non-hydrogen) atoms. The van der Waals surface area contributed by atoms with E-state index in [1.807, 2.05) is 19.3 Å². The van der Waals surface area contributed by atoms with Gasteiger partial charge in [-0.1, -0.05) is 6.92 Å². The highest BCUT2D eigenvalue weighted by atomic mass is 15.3. The molecule has 0 fully saturated rings. The molecule has 0 saturated heterocycles. The van der Waals surface area contributed by atoms with Gasteiger partial charge in [0.2, 0.25) is 0 Å². The van der Waals surface area contributed by atoms with Crippen molar-refractivity contribution >= 4 is 17.5 Å². The molecule has 0 aliphatic heterocycles. The van der Waals surface area contributed by atoms with Crippen LogP contribution in [0.3, 0.4) is 0 Å². The smallest absolute Gasteiger partial charge is 0.153 e. The Morgan fingerprint density at radius 3 is 2.82 bits per heavy atom. The van der Waals surface area contributed by atoms with Crippen LogP contribution in [0.4, 0.5) is 17.5 Å². The summed E-state index contributed by atoms with van der Waals surface area (Å²) < 4.78 is 1.72. The minimum Gasteiger partial charge on any atom is -0.384 e. The molecule has 3 N–H and O–H groups in total. The van der Waals surface area contributed by atoms with Crippen molar-refractivity contribution in [2.24, 2.45) is 7.05 Å². The number of nitrogens with two attached hydrogens (primary N) is 1. The first kappa shape index (κ1) is 11.4. The topological polar surface area (TPSA) is 81.6 Å². The number of nitrogens with one attached hydrogen (secondary N) is 1. The first-order valence-corrected chi connectivity index (χ1v) is 5.57. The Balaban J connectivity index is 2.20. The predicted molar refractivity (Wildman–Crippen MR) is 66.9 cm³/mol. The minimum absolute atomic E-state index is 0.474. The molecule has 6 nitrogen and oxygen atoms in total. The summed E-state index contributed by atoms with van der Waals surface area (Å²) in [5.41, 5.74) is 5.73. The summed E-state index contributed by atoms with van der Waals surface area (Å²) in [7, 11) is 1.86. The van der Waals surface area contributed by atoms with Crippen LogP contribution < -0.4 is 11.1 Å². The van der Waals surface area contributed by atoms with Gasteiger partial charge in [0.15, 0.2) is 5.82 Å². The van der Waals surface area contributed by atoms with Gasteiger partial charge in [0.1, 0.15) is 17.5 Å². The third-order valence-corrected chi connectivity index (χ3v) is 2.24. The molecule has 0 spiro atoms. The number of rotatable bonds is 4. The molecular weight excluding hydrogens is 216 g/mol. The van der Waals surface area contributed by atoms with Crippen molar-refractivity contribution < 1.29 is 0 Å². The van der Waals surface area contributed by atoms with Gasteiger partial charge in [-0.2, -0.15) is 5.10 Å². The van der Waals surface area contributed by atoms with E-state index in [1.165, 1.54) is 0 Å². The van der Waals surface area contributed by atoms with Crippen molar-refractivity contribution in [2.75, 3.05) is 11.1 Å². The van der Waals surface area contributed by atoms with E-state index in [4.69, 9.17) is 5.73 Å². The first-order chi connectivity index (χ1) is 8.17. The number of nitrogen functional groups attached to an aromatic ring is 1. The van der Waals surface area contributed by atoms with Crippen molar-refractivity contribution in [1.82, 2.24) is 19.7 Å². The zero-order valence-corrected chi connectivity index (χ0v) is 10.0. The Kier molecular flexibility index (Phi) is 3.22. The van der Waals surface area contributed by atoms with Crippen LogP contribution in [0.25, 0.3) is 0 Å². The van der Waals surface area contributed by atoms with Gasteiger partial charge in [-0.05, 0) is 6.42 Å². The van der Waals surface area contributed by atoms with Crippen molar-refractivity contribution in [3.8, 4) is 0 Å². The van der Waals surface area contributed by atoms with E-state index >= 15 is 0 Å². The molecule has 2 rings (SSSR count). The average Bonchev–Trinajstić information content (AvgIpc) is 2.63. The highest BCUT2D eigenvalue weighted by Gasteiger charge is 2.03. The van der Waals surface area contributed by atoms with Crippen LogP contribution in [0.1, 0.15) is 19.2 Å².